The molecule has 0 aromatic heterocycles. The molecule has 0 amide bonds. The third kappa shape index (κ3) is 6.88. The van der Waals surface area contributed by atoms with Crippen LogP contribution in [0, 0.1) is 0 Å². The van der Waals surface area contributed by atoms with Gasteiger partial charge in [0.1, 0.15) is 6.73 Å². The van der Waals surface area contributed by atoms with Crippen molar-refractivity contribution in [1.29, 1.82) is 0 Å². The minimum Gasteiger partial charge on any atom is -0.395 e. The average molecular weight is 192 g/mol. The second-order valence-electron chi connectivity index (χ2n) is 2.76. The van der Waals surface area contributed by atoms with E-state index in [9.17, 15) is 0 Å². The lowest BCUT2D eigenvalue weighted by atomic mass is 10.5. The summed E-state index contributed by atoms with van der Waals surface area (Å²) in [5, 5.41) is 20.5. The summed E-state index contributed by atoms with van der Waals surface area (Å²) in [5.74, 6) is 5.49. The van der Waals surface area contributed by atoms with E-state index in [1.165, 1.54) is 5.01 Å². The molecule has 0 radical (unpaired) electrons. The van der Waals surface area contributed by atoms with E-state index in [0.717, 1.165) is 13.0 Å². The number of aliphatic hydroxyl groups excluding tert-OH is 2. The molecule has 0 bridgehead atoms. The quantitative estimate of drug-likeness (QED) is 0.208. The first-order valence-corrected chi connectivity index (χ1v) is 4.44. The highest BCUT2D eigenvalue weighted by Gasteiger charge is 2.02. The summed E-state index contributed by atoms with van der Waals surface area (Å²) in [6.07, 6.45) is 0.956. The maximum absolute atomic E-state index is 8.85. The zero-order valence-electron chi connectivity index (χ0n) is 8.11. The number of nitrogens with zero attached hydrogens (tertiary/aromatic N) is 2. The largest absolute Gasteiger partial charge is 0.395 e. The number of nitrogens with one attached hydrogen (secondary N) is 1. The molecule has 5 N–H and O–H groups in total. The van der Waals surface area contributed by atoms with Crippen molar-refractivity contribution in [2.45, 2.75) is 13.3 Å². The van der Waals surface area contributed by atoms with E-state index in [1.54, 1.807) is 5.01 Å². The van der Waals surface area contributed by atoms with Gasteiger partial charge in [0.05, 0.1) is 13.3 Å². The number of aliphatic hydroxyl groups is 2. The Bertz CT molecular complexity index is 115. The smallest absolute Gasteiger partial charge is 0.108 e. The van der Waals surface area contributed by atoms with Crippen molar-refractivity contribution in [1.82, 2.24) is 15.4 Å². The van der Waals surface area contributed by atoms with Crippen LogP contribution in [0.5, 0.6) is 0 Å². The molecular formula is C7H20N4O2. The normalized spacial score (nSPS) is 11.5. The Balaban J connectivity index is 3.46. The summed E-state index contributed by atoms with van der Waals surface area (Å²) in [6, 6.07) is 0. The SMILES string of the molecule is CCCN(CO)NCN(N)CCO. The third-order valence-electron chi connectivity index (χ3n) is 1.55. The van der Waals surface area contributed by atoms with Gasteiger partial charge in [0.2, 0.25) is 0 Å². The zero-order valence-corrected chi connectivity index (χ0v) is 8.11. The monoisotopic (exact) mass is 192 g/mol. The third-order valence-corrected chi connectivity index (χ3v) is 1.55. The predicted molar refractivity (Wildman–Crippen MR) is 50.1 cm³/mol. The van der Waals surface area contributed by atoms with Crippen LogP contribution in [-0.2, 0) is 0 Å². The number of hydrazine groups is 2. The van der Waals surface area contributed by atoms with E-state index in [1.807, 2.05) is 6.92 Å². The summed E-state index contributed by atoms with van der Waals surface area (Å²) in [4.78, 5) is 0. The van der Waals surface area contributed by atoms with Gasteiger partial charge < -0.3 is 10.2 Å². The number of hydrogen-bond acceptors (Lipinski definition) is 6. The molecule has 0 aliphatic rings. The lowest BCUT2D eigenvalue weighted by molar-refractivity contribution is 0.0355. The van der Waals surface area contributed by atoms with Crippen molar-refractivity contribution in [2.75, 3.05) is 33.1 Å². The first-order valence-electron chi connectivity index (χ1n) is 4.44. The van der Waals surface area contributed by atoms with Crippen molar-refractivity contribution in [2.24, 2.45) is 5.84 Å². The van der Waals surface area contributed by atoms with E-state index < -0.39 is 0 Å². The lowest BCUT2D eigenvalue weighted by Crippen LogP contribution is -2.48. The van der Waals surface area contributed by atoms with E-state index in [4.69, 9.17) is 16.1 Å². The highest BCUT2D eigenvalue weighted by atomic mass is 16.3. The molecule has 6 heteroatoms. The molecule has 0 rings (SSSR count). The molecule has 0 unspecified atom stereocenters. The second-order valence-corrected chi connectivity index (χ2v) is 2.76. The maximum atomic E-state index is 8.85. The van der Waals surface area contributed by atoms with Crippen LogP contribution in [0.3, 0.4) is 0 Å². The molecule has 0 saturated carbocycles. The number of nitrogens with two attached hydrogens (primary N) is 1. The first kappa shape index (κ1) is 12.8. The van der Waals surface area contributed by atoms with E-state index >= 15 is 0 Å². The molecule has 0 aromatic carbocycles. The van der Waals surface area contributed by atoms with Gasteiger partial charge in [0.25, 0.3) is 0 Å². The van der Waals surface area contributed by atoms with Crippen LogP contribution >= 0.6 is 0 Å². The molecule has 0 aliphatic heterocycles. The number of rotatable bonds is 8. The summed E-state index contributed by atoms with van der Waals surface area (Å²) < 4.78 is 0. The van der Waals surface area contributed by atoms with Crippen LogP contribution in [0.15, 0.2) is 0 Å². The molecule has 0 spiro atoms. The van der Waals surface area contributed by atoms with Crippen molar-refractivity contribution >= 4 is 0 Å². The zero-order chi connectivity index (χ0) is 10.1. The fourth-order valence-electron chi connectivity index (χ4n) is 0.868. The minimum atomic E-state index is -0.0409. The molecule has 6 nitrogen and oxygen atoms in total. The van der Waals surface area contributed by atoms with Crippen LogP contribution in [0.25, 0.3) is 0 Å². The van der Waals surface area contributed by atoms with E-state index in [-0.39, 0.29) is 13.3 Å². The Morgan fingerprint density at radius 1 is 1.31 bits per heavy atom. The fraction of sp³-hybridized carbons (Fsp3) is 1.00. The summed E-state index contributed by atoms with van der Waals surface area (Å²) >= 11 is 0. The highest BCUT2D eigenvalue weighted by Crippen LogP contribution is 1.84. The molecule has 0 aliphatic carbocycles. The highest BCUT2D eigenvalue weighted by molar-refractivity contribution is 4.46. The molecular weight excluding hydrogens is 172 g/mol. The Labute approximate surface area is 78.9 Å². The van der Waals surface area contributed by atoms with Crippen LogP contribution in [0.1, 0.15) is 13.3 Å². The standard InChI is InChI=1S/C7H20N4O2/c1-2-3-11(7-13)9-6-10(8)4-5-12/h9,12-13H,2-8H2,1H3. The average Bonchev–Trinajstić information content (AvgIpc) is 2.12. The van der Waals surface area contributed by atoms with Gasteiger partial charge >= 0.3 is 0 Å². The van der Waals surface area contributed by atoms with Crippen molar-refractivity contribution in [3.05, 3.63) is 0 Å². The summed E-state index contributed by atoms with van der Waals surface area (Å²) in [6.45, 7) is 3.62. The topological polar surface area (TPSA) is 85.0 Å². The molecule has 0 fully saturated rings. The second kappa shape index (κ2) is 8.36. The summed E-state index contributed by atoms with van der Waals surface area (Å²) in [5.41, 5.74) is 2.93. The van der Waals surface area contributed by atoms with Gasteiger partial charge in [-0.3, -0.25) is 5.84 Å². The van der Waals surface area contributed by atoms with E-state index in [0.29, 0.717) is 13.2 Å². The Hall–Kier alpha value is -0.240. The van der Waals surface area contributed by atoms with Gasteiger partial charge in [-0.2, -0.15) is 0 Å². The van der Waals surface area contributed by atoms with Crippen molar-refractivity contribution in [3.63, 3.8) is 0 Å². The molecule has 13 heavy (non-hydrogen) atoms. The number of hydrogen-bond donors (Lipinski definition) is 4. The molecule has 0 heterocycles. The van der Waals surface area contributed by atoms with E-state index in [2.05, 4.69) is 5.43 Å². The maximum Gasteiger partial charge on any atom is 0.108 e. The Morgan fingerprint density at radius 3 is 2.46 bits per heavy atom. The van der Waals surface area contributed by atoms with Gasteiger partial charge in [-0.15, -0.1) is 0 Å². The van der Waals surface area contributed by atoms with Crippen LogP contribution in [0.2, 0.25) is 0 Å². The fourth-order valence-corrected chi connectivity index (χ4v) is 0.868. The minimum absolute atomic E-state index is 0.0328. The Morgan fingerprint density at radius 2 is 2.00 bits per heavy atom. The molecule has 80 valence electrons. The van der Waals surface area contributed by atoms with Crippen LogP contribution in [0.4, 0.5) is 0 Å². The first-order chi connectivity index (χ1) is 6.24. The lowest BCUT2D eigenvalue weighted by Gasteiger charge is -2.23. The predicted octanol–water partition coefficient (Wildman–Crippen LogP) is -1.72. The molecule has 0 saturated heterocycles. The van der Waals surface area contributed by atoms with Crippen molar-refractivity contribution in [3.8, 4) is 0 Å². The van der Waals surface area contributed by atoms with Crippen molar-refractivity contribution < 1.29 is 10.2 Å². The van der Waals surface area contributed by atoms with Gasteiger partial charge in [0, 0.05) is 13.1 Å². The molecule has 0 atom stereocenters. The van der Waals surface area contributed by atoms with Gasteiger partial charge in [-0.1, -0.05) is 6.92 Å². The van der Waals surface area contributed by atoms with Gasteiger partial charge in [-0.25, -0.2) is 15.4 Å². The van der Waals surface area contributed by atoms with Crippen LogP contribution in [-0.4, -0.2) is 53.3 Å². The van der Waals surface area contributed by atoms with Gasteiger partial charge in [-0.05, 0) is 6.42 Å². The summed E-state index contributed by atoms with van der Waals surface area (Å²) in [7, 11) is 0. The molecule has 0 aromatic rings. The van der Waals surface area contributed by atoms with Gasteiger partial charge in [0.15, 0.2) is 0 Å². The Kier molecular flexibility index (Phi) is 8.21. The van der Waals surface area contributed by atoms with Crippen LogP contribution < -0.4 is 11.3 Å².